The van der Waals surface area contributed by atoms with Crippen LogP contribution in [0.15, 0.2) is 33.5 Å². The molecule has 0 atom stereocenters. The number of nitrogens with one attached hydrogen (secondary N) is 1. The van der Waals surface area contributed by atoms with E-state index in [1.807, 2.05) is 6.92 Å². The molecular formula is C10H10N4O4S3. The molecular weight excluding hydrogens is 336 g/mol. The molecule has 21 heavy (non-hydrogen) atoms. The Hall–Kier alpha value is -1.72. The molecule has 0 unspecified atom stereocenters. The quantitative estimate of drug-likeness (QED) is 0.485. The third-order valence-corrected chi connectivity index (χ3v) is 5.59. The summed E-state index contributed by atoms with van der Waals surface area (Å²) in [5.41, 5.74) is -0.175. The summed E-state index contributed by atoms with van der Waals surface area (Å²) in [7, 11) is -3.83. The molecule has 1 aromatic carbocycles. The third-order valence-electron chi connectivity index (χ3n) is 2.25. The Kier molecular flexibility index (Phi) is 4.75. The van der Waals surface area contributed by atoms with Crippen LogP contribution in [0.3, 0.4) is 0 Å². The molecule has 0 aliphatic rings. The van der Waals surface area contributed by atoms with Gasteiger partial charge in [-0.25, -0.2) is 8.42 Å². The summed E-state index contributed by atoms with van der Waals surface area (Å²) in [5, 5.41) is 18.3. The smallest absolute Gasteiger partial charge is 0.258 e. The Labute approximate surface area is 128 Å². The van der Waals surface area contributed by atoms with Gasteiger partial charge in [0.05, 0.1) is 9.82 Å². The van der Waals surface area contributed by atoms with Crippen molar-refractivity contribution < 1.29 is 13.3 Å². The van der Waals surface area contributed by atoms with Crippen molar-refractivity contribution in [2.45, 2.75) is 16.2 Å². The Morgan fingerprint density at radius 1 is 1.33 bits per heavy atom. The number of nitro groups is 1. The number of benzene rings is 1. The van der Waals surface area contributed by atoms with Crippen LogP contribution < -0.4 is 4.72 Å². The van der Waals surface area contributed by atoms with E-state index >= 15 is 0 Å². The Morgan fingerprint density at radius 3 is 2.57 bits per heavy atom. The van der Waals surface area contributed by atoms with Crippen LogP contribution in [0.2, 0.25) is 0 Å². The molecule has 0 fully saturated rings. The lowest BCUT2D eigenvalue weighted by Gasteiger charge is -2.03. The molecule has 0 spiro atoms. The molecule has 0 aliphatic heterocycles. The van der Waals surface area contributed by atoms with Gasteiger partial charge in [0, 0.05) is 12.1 Å². The average molecular weight is 346 g/mol. The van der Waals surface area contributed by atoms with E-state index in [2.05, 4.69) is 14.9 Å². The van der Waals surface area contributed by atoms with Crippen molar-refractivity contribution in [3.63, 3.8) is 0 Å². The second-order valence-electron chi connectivity index (χ2n) is 3.66. The molecule has 2 rings (SSSR count). The first-order valence-corrected chi connectivity index (χ1v) is 8.94. The van der Waals surface area contributed by atoms with E-state index < -0.39 is 14.9 Å². The summed E-state index contributed by atoms with van der Waals surface area (Å²) >= 11 is 2.59. The van der Waals surface area contributed by atoms with Gasteiger partial charge in [-0.1, -0.05) is 30.0 Å². The molecule has 1 N–H and O–H groups in total. The number of sulfonamides is 1. The first kappa shape index (κ1) is 15.7. The minimum atomic E-state index is -3.83. The van der Waals surface area contributed by atoms with Crippen LogP contribution in [-0.4, -0.2) is 29.3 Å². The molecule has 0 aliphatic carbocycles. The molecule has 0 saturated heterocycles. The van der Waals surface area contributed by atoms with E-state index in [-0.39, 0.29) is 15.7 Å². The van der Waals surface area contributed by atoms with Gasteiger partial charge in [-0.3, -0.25) is 14.8 Å². The van der Waals surface area contributed by atoms with Crippen molar-refractivity contribution in [3.05, 3.63) is 34.4 Å². The highest BCUT2D eigenvalue weighted by Gasteiger charge is 2.18. The Morgan fingerprint density at radius 2 is 2.00 bits per heavy atom. The van der Waals surface area contributed by atoms with E-state index in [1.54, 1.807) is 0 Å². The van der Waals surface area contributed by atoms with Crippen molar-refractivity contribution in [2.75, 3.05) is 10.5 Å². The van der Waals surface area contributed by atoms with Gasteiger partial charge in [0.15, 0.2) is 4.34 Å². The lowest BCUT2D eigenvalue weighted by molar-refractivity contribution is -0.384. The summed E-state index contributed by atoms with van der Waals surface area (Å²) in [6.45, 7) is 1.95. The van der Waals surface area contributed by atoms with Crippen molar-refractivity contribution in [3.8, 4) is 0 Å². The Bertz CT molecular complexity index is 742. The zero-order chi connectivity index (χ0) is 15.5. The van der Waals surface area contributed by atoms with Gasteiger partial charge in [0.1, 0.15) is 0 Å². The van der Waals surface area contributed by atoms with Crippen LogP contribution in [-0.2, 0) is 10.0 Å². The van der Waals surface area contributed by atoms with Crippen LogP contribution in [0, 0.1) is 10.1 Å². The highest BCUT2D eigenvalue weighted by molar-refractivity contribution is 8.01. The second-order valence-corrected chi connectivity index (χ2v) is 7.83. The van der Waals surface area contributed by atoms with Crippen molar-refractivity contribution >= 4 is 43.9 Å². The van der Waals surface area contributed by atoms with Crippen LogP contribution in [0.5, 0.6) is 0 Å². The van der Waals surface area contributed by atoms with Gasteiger partial charge < -0.3 is 0 Å². The molecule has 0 bridgehead atoms. The van der Waals surface area contributed by atoms with Gasteiger partial charge >= 0.3 is 0 Å². The van der Waals surface area contributed by atoms with Gasteiger partial charge in [0.25, 0.3) is 15.7 Å². The van der Waals surface area contributed by atoms with Crippen LogP contribution in [0.1, 0.15) is 6.92 Å². The number of hydrogen-bond acceptors (Lipinski definition) is 8. The molecule has 0 radical (unpaired) electrons. The third kappa shape index (κ3) is 3.89. The van der Waals surface area contributed by atoms with Gasteiger partial charge in [-0.15, -0.1) is 10.2 Å². The lowest BCUT2D eigenvalue weighted by atomic mass is 10.3. The summed E-state index contributed by atoms with van der Waals surface area (Å²) in [5.74, 6) is 0.809. The average Bonchev–Trinajstić information content (AvgIpc) is 2.86. The number of aromatic nitrogens is 2. The Balaban J connectivity index is 2.18. The van der Waals surface area contributed by atoms with Gasteiger partial charge in [0.2, 0.25) is 5.13 Å². The second kappa shape index (κ2) is 6.37. The van der Waals surface area contributed by atoms with E-state index in [1.165, 1.54) is 23.9 Å². The lowest BCUT2D eigenvalue weighted by Crippen LogP contribution is -2.12. The van der Waals surface area contributed by atoms with E-state index in [0.717, 1.165) is 29.2 Å². The number of non-ortho nitro benzene ring substituents is 1. The fourth-order valence-electron chi connectivity index (χ4n) is 1.35. The van der Waals surface area contributed by atoms with Crippen LogP contribution >= 0.6 is 23.1 Å². The SMILES string of the molecule is CCSc1nnc(NS(=O)(=O)c2ccc([N+](=O)[O-])cc2)s1. The number of hydrogen-bond donors (Lipinski definition) is 1. The highest BCUT2D eigenvalue weighted by Crippen LogP contribution is 2.27. The maximum Gasteiger partial charge on any atom is 0.269 e. The first-order valence-electron chi connectivity index (χ1n) is 5.66. The van der Waals surface area contributed by atoms with Crippen molar-refractivity contribution in [1.29, 1.82) is 0 Å². The molecule has 1 aromatic heterocycles. The topological polar surface area (TPSA) is 115 Å². The van der Waals surface area contributed by atoms with E-state index in [9.17, 15) is 18.5 Å². The zero-order valence-electron chi connectivity index (χ0n) is 10.7. The summed E-state index contributed by atoms with van der Waals surface area (Å²) in [4.78, 5) is 9.87. The predicted molar refractivity (Wildman–Crippen MR) is 80.2 cm³/mol. The van der Waals surface area contributed by atoms with Crippen molar-refractivity contribution in [2.24, 2.45) is 0 Å². The minimum Gasteiger partial charge on any atom is -0.258 e. The number of nitrogens with zero attached hydrogens (tertiary/aromatic N) is 3. The van der Waals surface area contributed by atoms with Crippen molar-refractivity contribution in [1.82, 2.24) is 10.2 Å². The predicted octanol–water partition coefficient (Wildman–Crippen LogP) is 2.36. The highest BCUT2D eigenvalue weighted by atomic mass is 32.2. The largest absolute Gasteiger partial charge is 0.269 e. The molecule has 0 saturated carbocycles. The van der Waals surface area contributed by atoms with Gasteiger partial charge in [-0.05, 0) is 17.9 Å². The summed E-state index contributed by atoms with van der Waals surface area (Å²) in [6.07, 6.45) is 0. The standard InChI is InChI=1S/C10H10N4O4S3/c1-2-19-10-12-11-9(20-10)13-21(17,18)8-5-3-7(4-6-8)14(15)16/h3-6H,2H2,1H3,(H,11,13). The fraction of sp³-hybridized carbons (Fsp3) is 0.200. The first-order chi connectivity index (χ1) is 9.92. The van der Waals surface area contributed by atoms with Crippen LogP contribution in [0.25, 0.3) is 0 Å². The molecule has 0 amide bonds. The molecule has 1 heterocycles. The van der Waals surface area contributed by atoms with Crippen LogP contribution in [0.4, 0.5) is 10.8 Å². The number of nitro benzene ring substituents is 1. The van der Waals surface area contributed by atoms with E-state index in [0.29, 0.717) is 4.34 Å². The molecule has 11 heteroatoms. The fourth-order valence-corrected chi connectivity index (χ4v) is 4.23. The zero-order valence-corrected chi connectivity index (χ0v) is 13.2. The van der Waals surface area contributed by atoms with Gasteiger partial charge in [-0.2, -0.15) is 0 Å². The number of anilines is 1. The maximum atomic E-state index is 12.1. The molecule has 8 nitrogen and oxygen atoms in total. The summed E-state index contributed by atoms with van der Waals surface area (Å²) < 4.78 is 27.2. The molecule has 2 aromatic rings. The normalized spacial score (nSPS) is 11.3. The monoisotopic (exact) mass is 346 g/mol. The van der Waals surface area contributed by atoms with E-state index in [4.69, 9.17) is 0 Å². The molecule has 112 valence electrons. The summed E-state index contributed by atoms with van der Waals surface area (Å²) in [6, 6.07) is 4.60. The minimum absolute atomic E-state index is 0.0759. The number of rotatable bonds is 6. The maximum absolute atomic E-state index is 12.1. The number of thioether (sulfide) groups is 1.